The summed E-state index contributed by atoms with van der Waals surface area (Å²) in [5.74, 6) is 1.49. The molecule has 8 heteroatoms. The molecule has 0 aliphatic carbocycles. The minimum Gasteiger partial charge on any atom is -0.493 e. The molecule has 4 aromatic rings. The number of carbonyl (C=O) groups is 1. The molecule has 0 fully saturated rings. The lowest BCUT2D eigenvalue weighted by Gasteiger charge is -2.14. The topological polar surface area (TPSA) is 94.7 Å². The molecule has 0 radical (unpaired) electrons. The van der Waals surface area contributed by atoms with Crippen LogP contribution in [0.25, 0.3) is 28.5 Å². The zero-order chi connectivity index (χ0) is 25.3. The van der Waals surface area contributed by atoms with Crippen LogP contribution in [0.1, 0.15) is 5.56 Å². The molecule has 2 N–H and O–H groups in total. The molecule has 4 rings (SSSR count). The van der Waals surface area contributed by atoms with Crippen molar-refractivity contribution in [1.82, 2.24) is 15.5 Å². The highest BCUT2D eigenvalue weighted by Gasteiger charge is 2.22. The van der Waals surface area contributed by atoms with Crippen molar-refractivity contribution >= 4 is 12.0 Å². The first-order chi connectivity index (χ1) is 17.6. The van der Waals surface area contributed by atoms with E-state index in [0.29, 0.717) is 34.4 Å². The van der Waals surface area contributed by atoms with Gasteiger partial charge in [0.15, 0.2) is 18.1 Å². The Morgan fingerprint density at radius 1 is 0.889 bits per heavy atom. The molecule has 3 aromatic carbocycles. The summed E-state index contributed by atoms with van der Waals surface area (Å²) < 4.78 is 22.3. The van der Waals surface area contributed by atoms with Crippen molar-refractivity contribution in [3.63, 3.8) is 0 Å². The van der Waals surface area contributed by atoms with Gasteiger partial charge in [0.2, 0.25) is 11.6 Å². The number of benzene rings is 3. The number of carbonyl (C=O) groups excluding carboxylic acids is 1. The van der Waals surface area contributed by atoms with Gasteiger partial charge in [-0.3, -0.25) is 9.89 Å². The van der Waals surface area contributed by atoms with Crippen LogP contribution >= 0.6 is 0 Å². The SMILES string of the molecule is COc1cc(-c2[nH]nc(OCC(=O)NC=Cc3ccccc3)c2-c2ccccc2)cc(OC)c1OC. The molecule has 0 spiro atoms. The number of aromatic amines is 1. The summed E-state index contributed by atoms with van der Waals surface area (Å²) in [5.41, 5.74) is 3.99. The van der Waals surface area contributed by atoms with Gasteiger partial charge in [0.1, 0.15) is 0 Å². The fourth-order valence-electron chi connectivity index (χ4n) is 3.71. The van der Waals surface area contributed by atoms with Crippen molar-refractivity contribution < 1.29 is 23.7 Å². The molecule has 0 atom stereocenters. The first kappa shape index (κ1) is 24.4. The van der Waals surface area contributed by atoms with Gasteiger partial charge in [-0.25, -0.2) is 0 Å². The molecule has 184 valence electrons. The number of aromatic nitrogens is 2. The summed E-state index contributed by atoms with van der Waals surface area (Å²) in [4.78, 5) is 12.4. The zero-order valence-electron chi connectivity index (χ0n) is 20.3. The third-order valence-electron chi connectivity index (χ3n) is 5.41. The second kappa shape index (κ2) is 11.6. The molecule has 0 saturated heterocycles. The lowest BCUT2D eigenvalue weighted by molar-refractivity contribution is -0.122. The van der Waals surface area contributed by atoms with Crippen molar-refractivity contribution in [3.05, 3.63) is 84.6 Å². The van der Waals surface area contributed by atoms with Crippen LogP contribution in [0.15, 0.2) is 79.0 Å². The van der Waals surface area contributed by atoms with Crippen molar-refractivity contribution in [3.8, 4) is 45.5 Å². The molecular formula is C28H27N3O5. The van der Waals surface area contributed by atoms with Crippen molar-refractivity contribution in [2.45, 2.75) is 0 Å². The van der Waals surface area contributed by atoms with Gasteiger partial charge in [0, 0.05) is 11.8 Å². The number of rotatable bonds is 10. The van der Waals surface area contributed by atoms with E-state index >= 15 is 0 Å². The molecule has 0 bridgehead atoms. The highest BCUT2D eigenvalue weighted by molar-refractivity contribution is 5.86. The number of nitrogens with one attached hydrogen (secondary N) is 2. The first-order valence-corrected chi connectivity index (χ1v) is 11.2. The highest BCUT2D eigenvalue weighted by atomic mass is 16.5. The average molecular weight is 486 g/mol. The number of amides is 1. The van der Waals surface area contributed by atoms with Gasteiger partial charge in [-0.05, 0) is 29.3 Å². The zero-order valence-corrected chi connectivity index (χ0v) is 20.3. The second-order valence-corrected chi connectivity index (χ2v) is 7.66. The smallest absolute Gasteiger partial charge is 0.261 e. The van der Waals surface area contributed by atoms with E-state index in [0.717, 1.165) is 16.7 Å². The van der Waals surface area contributed by atoms with E-state index < -0.39 is 0 Å². The number of hydrogen-bond acceptors (Lipinski definition) is 6. The maximum Gasteiger partial charge on any atom is 0.261 e. The minimum atomic E-state index is -0.307. The Morgan fingerprint density at radius 2 is 1.53 bits per heavy atom. The molecule has 0 aliphatic heterocycles. The summed E-state index contributed by atoms with van der Waals surface area (Å²) >= 11 is 0. The molecule has 8 nitrogen and oxygen atoms in total. The van der Waals surface area contributed by atoms with Gasteiger partial charge < -0.3 is 24.3 Å². The Kier molecular flexibility index (Phi) is 7.87. The Bertz CT molecular complexity index is 1310. The van der Waals surface area contributed by atoms with Crippen LogP contribution in [-0.2, 0) is 4.79 Å². The standard InChI is InChI=1S/C28H27N3O5/c1-33-22-16-21(17-23(34-2)27(22)35-3)26-25(20-12-8-5-9-13-20)28(31-30-26)36-18-24(32)29-15-14-19-10-6-4-7-11-19/h4-17H,18H2,1-3H3,(H,29,32)(H,30,31). The Hall–Kier alpha value is -4.72. The van der Waals surface area contributed by atoms with E-state index in [2.05, 4.69) is 15.5 Å². The van der Waals surface area contributed by atoms with Gasteiger partial charge >= 0.3 is 0 Å². The van der Waals surface area contributed by atoms with Gasteiger partial charge in [-0.1, -0.05) is 60.7 Å². The molecule has 0 saturated carbocycles. The number of nitrogens with zero attached hydrogens (tertiary/aromatic N) is 1. The summed E-state index contributed by atoms with van der Waals surface area (Å²) in [6, 6.07) is 23.0. The third kappa shape index (κ3) is 5.50. The third-order valence-corrected chi connectivity index (χ3v) is 5.41. The second-order valence-electron chi connectivity index (χ2n) is 7.66. The number of H-pyrrole nitrogens is 1. The van der Waals surface area contributed by atoms with Crippen molar-refractivity contribution in [2.75, 3.05) is 27.9 Å². The van der Waals surface area contributed by atoms with Gasteiger partial charge in [-0.15, -0.1) is 5.10 Å². The molecular weight excluding hydrogens is 458 g/mol. The lowest BCUT2D eigenvalue weighted by atomic mass is 10.0. The highest BCUT2D eigenvalue weighted by Crippen LogP contribution is 2.44. The van der Waals surface area contributed by atoms with E-state index in [1.54, 1.807) is 27.5 Å². The van der Waals surface area contributed by atoms with E-state index in [4.69, 9.17) is 18.9 Å². The molecule has 1 aromatic heterocycles. The molecule has 1 amide bonds. The van der Waals surface area contributed by atoms with E-state index in [1.807, 2.05) is 78.9 Å². The van der Waals surface area contributed by atoms with Crippen LogP contribution in [0.2, 0.25) is 0 Å². The fourth-order valence-corrected chi connectivity index (χ4v) is 3.71. The molecule has 1 heterocycles. The van der Waals surface area contributed by atoms with Crippen molar-refractivity contribution in [1.29, 1.82) is 0 Å². The van der Waals surface area contributed by atoms with Crippen LogP contribution in [0.3, 0.4) is 0 Å². The maximum atomic E-state index is 12.4. The van der Waals surface area contributed by atoms with Gasteiger partial charge in [-0.2, -0.15) is 0 Å². The van der Waals surface area contributed by atoms with Gasteiger partial charge in [0.25, 0.3) is 5.91 Å². The molecule has 36 heavy (non-hydrogen) atoms. The van der Waals surface area contributed by atoms with Crippen LogP contribution in [0, 0.1) is 0 Å². The van der Waals surface area contributed by atoms with E-state index in [9.17, 15) is 4.79 Å². The van der Waals surface area contributed by atoms with Gasteiger partial charge in [0.05, 0.1) is 32.6 Å². The minimum absolute atomic E-state index is 0.210. The normalized spacial score (nSPS) is 10.8. The van der Waals surface area contributed by atoms with Crippen LogP contribution in [0.5, 0.6) is 23.1 Å². The Labute approximate surface area is 209 Å². The number of ether oxygens (including phenoxy) is 4. The Morgan fingerprint density at radius 3 is 2.14 bits per heavy atom. The Balaban J connectivity index is 1.61. The van der Waals surface area contributed by atoms with Crippen molar-refractivity contribution in [2.24, 2.45) is 0 Å². The predicted octanol–water partition coefficient (Wildman–Crippen LogP) is 4.94. The quantitative estimate of drug-likeness (QED) is 0.331. The molecule has 0 aliphatic rings. The number of methoxy groups -OCH3 is 3. The fraction of sp³-hybridized carbons (Fsp3) is 0.143. The van der Waals surface area contributed by atoms with E-state index in [1.165, 1.54) is 0 Å². The summed E-state index contributed by atoms with van der Waals surface area (Å²) in [6.45, 7) is -0.210. The van der Waals surface area contributed by atoms with Crippen LogP contribution in [0.4, 0.5) is 0 Å². The monoisotopic (exact) mass is 485 g/mol. The van der Waals surface area contributed by atoms with Crippen LogP contribution < -0.4 is 24.3 Å². The largest absolute Gasteiger partial charge is 0.493 e. The van der Waals surface area contributed by atoms with Crippen LogP contribution in [-0.4, -0.2) is 44.0 Å². The average Bonchev–Trinajstić information content (AvgIpc) is 3.36. The first-order valence-electron chi connectivity index (χ1n) is 11.2. The lowest BCUT2D eigenvalue weighted by Crippen LogP contribution is -2.24. The predicted molar refractivity (Wildman–Crippen MR) is 138 cm³/mol. The summed E-state index contributed by atoms with van der Waals surface area (Å²) in [5, 5.41) is 10.1. The van der Waals surface area contributed by atoms with E-state index in [-0.39, 0.29) is 12.5 Å². The summed E-state index contributed by atoms with van der Waals surface area (Å²) in [6.07, 6.45) is 3.40. The molecule has 0 unspecified atom stereocenters. The summed E-state index contributed by atoms with van der Waals surface area (Å²) in [7, 11) is 4.68. The maximum absolute atomic E-state index is 12.4. The number of hydrogen-bond donors (Lipinski definition) is 2.